The highest BCUT2D eigenvalue weighted by Crippen LogP contribution is 2.27. The van der Waals surface area contributed by atoms with Crippen molar-refractivity contribution in [1.29, 1.82) is 0 Å². The van der Waals surface area contributed by atoms with Crippen LogP contribution in [0.25, 0.3) is 0 Å². The Morgan fingerprint density at radius 1 is 1.15 bits per heavy atom. The second-order valence-electron chi connectivity index (χ2n) is 2.75. The normalized spacial score (nSPS) is 14.2. The van der Waals surface area contributed by atoms with Crippen molar-refractivity contribution in [3.63, 3.8) is 0 Å². The van der Waals surface area contributed by atoms with Gasteiger partial charge in [0.2, 0.25) is 0 Å². The first-order chi connectivity index (χ1) is 6.00. The second-order valence-corrected chi connectivity index (χ2v) is 3.37. The number of thiol groups is 1. The molecule has 0 aliphatic heterocycles. The molecule has 0 nitrogen and oxygen atoms in total. The standard InChI is InChI=1S/C9H9F3S/c10-9(11,12)8(13)6-7-4-2-1-3-5-7/h1-5,8,13H,6H2/t8-/m0/s1. The maximum Gasteiger partial charge on any atom is 0.400 e. The van der Waals surface area contributed by atoms with Gasteiger partial charge >= 0.3 is 6.18 Å². The van der Waals surface area contributed by atoms with Crippen LogP contribution in [0.3, 0.4) is 0 Å². The first-order valence-corrected chi connectivity index (χ1v) is 4.30. The first kappa shape index (κ1) is 10.4. The van der Waals surface area contributed by atoms with E-state index in [1.807, 2.05) is 0 Å². The molecule has 0 heterocycles. The Hall–Kier alpha value is -0.640. The quantitative estimate of drug-likeness (QED) is 0.706. The fraction of sp³-hybridized carbons (Fsp3) is 0.333. The monoisotopic (exact) mass is 206 g/mol. The van der Waals surface area contributed by atoms with Gasteiger partial charge in [-0.3, -0.25) is 0 Å². The first-order valence-electron chi connectivity index (χ1n) is 3.79. The van der Waals surface area contributed by atoms with Crippen LogP contribution in [0.1, 0.15) is 5.56 Å². The van der Waals surface area contributed by atoms with E-state index >= 15 is 0 Å². The van der Waals surface area contributed by atoms with Gasteiger partial charge in [0.1, 0.15) is 5.25 Å². The van der Waals surface area contributed by atoms with Crippen molar-refractivity contribution < 1.29 is 13.2 Å². The van der Waals surface area contributed by atoms with Crippen molar-refractivity contribution in [2.24, 2.45) is 0 Å². The average Bonchev–Trinajstić information content (AvgIpc) is 2.04. The lowest BCUT2D eigenvalue weighted by Crippen LogP contribution is -2.25. The summed E-state index contributed by atoms with van der Waals surface area (Å²) in [6.07, 6.45) is -4.30. The summed E-state index contributed by atoms with van der Waals surface area (Å²) in [4.78, 5) is 0. The van der Waals surface area contributed by atoms with Crippen molar-refractivity contribution in [2.45, 2.75) is 17.8 Å². The molecular formula is C9H9F3S. The van der Waals surface area contributed by atoms with Gasteiger partial charge in [-0.2, -0.15) is 25.8 Å². The molecule has 0 amide bonds. The minimum Gasteiger partial charge on any atom is -0.170 e. The third-order valence-electron chi connectivity index (χ3n) is 1.65. The van der Waals surface area contributed by atoms with E-state index in [2.05, 4.69) is 12.6 Å². The predicted molar refractivity (Wildman–Crippen MR) is 49.0 cm³/mol. The number of alkyl halides is 3. The van der Waals surface area contributed by atoms with Crippen LogP contribution < -0.4 is 0 Å². The fourth-order valence-corrected chi connectivity index (χ4v) is 1.16. The van der Waals surface area contributed by atoms with E-state index in [0.29, 0.717) is 5.56 Å². The number of benzene rings is 1. The van der Waals surface area contributed by atoms with Crippen LogP contribution in [0.15, 0.2) is 30.3 Å². The molecule has 1 aromatic rings. The molecule has 0 saturated carbocycles. The molecule has 0 radical (unpaired) electrons. The number of hydrogen-bond acceptors (Lipinski definition) is 1. The fourth-order valence-electron chi connectivity index (χ4n) is 0.953. The van der Waals surface area contributed by atoms with Gasteiger partial charge in [-0.05, 0) is 12.0 Å². The zero-order valence-corrected chi connectivity index (χ0v) is 7.65. The van der Waals surface area contributed by atoms with Crippen LogP contribution in [0, 0.1) is 0 Å². The van der Waals surface area contributed by atoms with Gasteiger partial charge in [0.25, 0.3) is 0 Å². The van der Waals surface area contributed by atoms with E-state index in [9.17, 15) is 13.2 Å². The van der Waals surface area contributed by atoms with Crippen molar-refractivity contribution in [3.8, 4) is 0 Å². The third kappa shape index (κ3) is 3.30. The van der Waals surface area contributed by atoms with E-state index in [1.165, 1.54) is 0 Å². The van der Waals surface area contributed by atoms with Crippen molar-refractivity contribution in [3.05, 3.63) is 35.9 Å². The van der Waals surface area contributed by atoms with Crippen LogP contribution in [0.4, 0.5) is 13.2 Å². The Morgan fingerprint density at radius 2 is 1.69 bits per heavy atom. The molecule has 0 N–H and O–H groups in total. The van der Waals surface area contributed by atoms with Gasteiger partial charge in [0.05, 0.1) is 0 Å². The van der Waals surface area contributed by atoms with E-state index in [4.69, 9.17) is 0 Å². The molecule has 0 bridgehead atoms. The molecule has 0 aliphatic rings. The molecule has 13 heavy (non-hydrogen) atoms. The Balaban J connectivity index is 2.61. The van der Waals surface area contributed by atoms with Crippen LogP contribution in [0.5, 0.6) is 0 Å². The Morgan fingerprint density at radius 3 is 2.15 bits per heavy atom. The van der Waals surface area contributed by atoms with Gasteiger partial charge in [-0.25, -0.2) is 0 Å². The zero-order chi connectivity index (χ0) is 9.90. The van der Waals surface area contributed by atoms with Crippen LogP contribution in [-0.4, -0.2) is 11.4 Å². The SMILES string of the molecule is FC(F)(F)[C@@H](S)Cc1ccccc1. The van der Waals surface area contributed by atoms with Crippen molar-refractivity contribution in [1.82, 2.24) is 0 Å². The second kappa shape index (κ2) is 4.05. The largest absolute Gasteiger partial charge is 0.400 e. The molecule has 0 aliphatic carbocycles. The summed E-state index contributed by atoms with van der Waals surface area (Å²) in [5, 5.41) is -1.57. The molecule has 1 aromatic carbocycles. The minimum absolute atomic E-state index is 0.0759. The molecule has 0 aromatic heterocycles. The Bertz CT molecular complexity index is 255. The lowest BCUT2D eigenvalue weighted by atomic mass is 10.1. The third-order valence-corrected chi connectivity index (χ3v) is 2.13. The molecule has 1 atom stereocenters. The maximum absolute atomic E-state index is 12.1. The molecule has 0 fully saturated rings. The van der Waals surface area contributed by atoms with Crippen molar-refractivity contribution in [2.75, 3.05) is 0 Å². The number of rotatable bonds is 2. The Kier molecular flexibility index (Phi) is 3.25. The van der Waals surface area contributed by atoms with Gasteiger partial charge in [0.15, 0.2) is 0 Å². The summed E-state index contributed by atoms with van der Waals surface area (Å²) in [6, 6.07) is 8.52. The van der Waals surface area contributed by atoms with E-state index in [-0.39, 0.29) is 6.42 Å². The van der Waals surface area contributed by atoms with Gasteiger partial charge in [0, 0.05) is 0 Å². The molecule has 72 valence electrons. The molecule has 0 saturated heterocycles. The summed E-state index contributed by atoms with van der Waals surface area (Å²) in [6.45, 7) is 0. The van der Waals surface area contributed by atoms with Crippen LogP contribution >= 0.6 is 12.6 Å². The van der Waals surface area contributed by atoms with Gasteiger partial charge < -0.3 is 0 Å². The van der Waals surface area contributed by atoms with E-state index in [1.54, 1.807) is 30.3 Å². The lowest BCUT2D eigenvalue weighted by Gasteiger charge is -2.14. The minimum atomic E-state index is -4.22. The van der Waals surface area contributed by atoms with Crippen LogP contribution in [-0.2, 0) is 6.42 Å². The Labute approximate surface area is 80.2 Å². The highest BCUT2D eigenvalue weighted by atomic mass is 32.1. The molecule has 4 heteroatoms. The van der Waals surface area contributed by atoms with E-state index < -0.39 is 11.4 Å². The highest BCUT2D eigenvalue weighted by molar-refractivity contribution is 7.81. The molecular weight excluding hydrogens is 197 g/mol. The molecule has 1 rings (SSSR count). The smallest absolute Gasteiger partial charge is 0.170 e. The predicted octanol–water partition coefficient (Wildman–Crippen LogP) is 3.09. The molecule has 0 unspecified atom stereocenters. The summed E-state index contributed by atoms with van der Waals surface area (Å²) < 4.78 is 36.2. The lowest BCUT2D eigenvalue weighted by molar-refractivity contribution is -0.127. The summed E-state index contributed by atoms with van der Waals surface area (Å²) in [7, 11) is 0. The van der Waals surface area contributed by atoms with Crippen molar-refractivity contribution >= 4 is 12.6 Å². The highest BCUT2D eigenvalue weighted by Gasteiger charge is 2.36. The molecule has 0 spiro atoms. The van der Waals surface area contributed by atoms with E-state index in [0.717, 1.165) is 0 Å². The average molecular weight is 206 g/mol. The summed E-state index contributed by atoms with van der Waals surface area (Å²) in [5.41, 5.74) is 0.653. The van der Waals surface area contributed by atoms with Gasteiger partial charge in [-0.15, -0.1) is 0 Å². The van der Waals surface area contributed by atoms with Gasteiger partial charge in [-0.1, -0.05) is 30.3 Å². The zero-order valence-electron chi connectivity index (χ0n) is 6.75. The number of hydrogen-bond donors (Lipinski definition) is 1. The van der Waals surface area contributed by atoms with Crippen LogP contribution in [0.2, 0.25) is 0 Å². The maximum atomic E-state index is 12.1. The summed E-state index contributed by atoms with van der Waals surface area (Å²) in [5.74, 6) is 0. The number of halogens is 3. The topological polar surface area (TPSA) is 0 Å². The summed E-state index contributed by atoms with van der Waals surface area (Å²) >= 11 is 3.50.